The first-order valence-electron chi connectivity index (χ1n) is 8.34. The maximum absolute atomic E-state index is 9.80. The average molecular weight is 318 g/mol. The molecule has 2 aromatic rings. The topological polar surface area (TPSA) is 57.9 Å². The Morgan fingerprint density at radius 1 is 1.35 bits per heavy atom. The fourth-order valence-corrected chi connectivity index (χ4v) is 3.29. The maximum atomic E-state index is 9.80. The van der Waals surface area contributed by atoms with Gasteiger partial charge in [-0.05, 0) is 32.0 Å². The van der Waals surface area contributed by atoms with Crippen LogP contribution in [0.4, 0.5) is 0 Å². The third kappa shape index (κ3) is 4.32. The van der Waals surface area contributed by atoms with Crippen molar-refractivity contribution in [1.29, 1.82) is 0 Å². The summed E-state index contributed by atoms with van der Waals surface area (Å²) in [6.45, 7) is 3.99. The molecule has 2 N–H and O–H groups in total. The van der Waals surface area contributed by atoms with E-state index in [4.69, 9.17) is 9.15 Å². The molecule has 5 heteroatoms. The van der Waals surface area contributed by atoms with Gasteiger partial charge in [-0.3, -0.25) is 0 Å². The number of ether oxygens (including phenoxy) is 1. The second-order valence-corrected chi connectivity index (χ2v) is 6.32. The Kier molecular flexibility index (Phi) is 5.67. The number of rotatable bonds is 7. The molecular weight excluding hydrogens is 292 g/mol. The van der Waals surface area contributed by atoms with E-state index in [0.29, 0.717) is 19.2 Å². The van der Waals surface area contributed by atoms with Crippen LogP contribution < -0.4 is 5.32 Å². The van der Waals surface area contributed by atoms with Gasteiger partial charge in [0.1, 0.15) is 5.58 Å². The number of para-hydroxylation sites is 1. The summed E-state index contributed by atoms with van der Waals surface area (Å²) in [4.78, 5) is 2.31. The van der Waals surface area contributed by atoms with Gasteiger partial charge in [-0.2, -0.15) is 0 Å². The van der Waals surface area contributed by atoms with Crippen LogP contribution in [-0.2, 0) is 11.3 Å². The van der Waals surface area contributed by atoms with Gasteiger partial charge in [0.25, 0.3) is 0 Å². The third-order valence-corrected chi connectivity index (χ3v) is 4.56. The lowest BCUT2D eigenvalue weighted by Crippen LogP contribution is -2.45. The lowest BCUT2D eigenvalue weighted by Gasteiger charge is -2.33. The van der Waals surface area contributed by atoms with E-state index >= 15 is 0 Å². The van der Waals surface area contributed by atoms with Crippen LogP contribution in [0.1, 0.15) is 18.4 Å². The summed E-state index contributed by atoms with van der Waals surface area (Å²) >= 11 is 0. The number of nitrogens with one attached hydrogen (secondary N) is 1. The molecule has 3 rings (SSSR count). The normalized spacial score (nSPS) is 18.5. The molecule has 0 aliphatic carbocycles. The lowest BCUT2D eigenvalue weighted by atomic mass is 10.0. The zero-order valence-electron chi connectivity index (χ0n) is 13.7. The predicted molar refractivity (Wildman–Crippen MR) is 90.4 cm³/mol. The third-order valence-electron chi connectivity index (χ3n) is 4.56. The summed E-state index contributed by atoms with van der Waals surface area (Å²) in [5.41, 5.74) is 2.17. The summed E-state index contributed by atoms with van der Waals surface area (Å²) in [6, 6.07) is 8.68. The van der Waals surface area contributed by atoms with Crippen molar-refractivity contribution in [2.75, 3.05) is 33.4 Å². The Morgan fingerprint density at radius 2 is 2.13 bits per heavy atom. The Bertz CT molecular complexity index is 605. The summed E-state index contributed by atoms with van der Waals surface area (Å²) < 4.78 is 10.6. The van der Waals surface area contributed by atoms with Crippen molar-refractivity contribution in [3.63, 3.8) is 0 Å². The van der Waals surface area contributed by atoms with Gasteiger partial charge in [0.15, 0.2) is 0 Å². The minimum atomic E-state index is -0.387. The quantitative estimate of drug-likeness (QED) is 0.818. The largest absolute Gasteiger partial charge is 0.464 e. The molecule has 2 heterocycles. The zero-order chi connectivity index (χ0) is 16.1. The maximum Gasteiger partial charge on any atom is 0.134 e. The van der Waals surface area contributed by atoms with Crippen LogP contribution in [0, 0.1) is 0 Å². The SMILES string of the molecule is COCC(O)CN1CCC(NCc2coc3ccccc23)CC1. The van der Waals surface area contributed by atoms with Gasteiger partial charge in [-0.25, -0.2) is 0 Å². The summed E-state index contributed by atoms with van der Waals surface area (Å²) in [7, 11) is 1.62. The Labute approximate surface area is 137 Å². The molecule has 1 aliphatic heterocycles. The van der Waals surface area contributed by atoms with Crippen LogP contribution in [0.3, 0.4) is 0 Å². The number of furan rings is 1. The molecule has 0 bridgehead atoms. The molecule has 1 saturated heterocycles. The fourth-order valence-electron chi connectivity index (χ4n) is 3.29. The van der Waals surface area contributed by atoms with Crippen LogP contribution in [-0.4, -0.2) is 55.5 Å². The van der Waals surface area contributed by atoms with Crippen LogP contribution >= 0.6 is 0 Å². The first kappa shape index (κ1) is 16.5. The molecular formula is C18H26N2O3. The van der Waals surface area contributed by atoms with E-state index in [9.17, 15) is 5.11 Å². The number of hydrogen-bond acceptors (Lipinski definition) is 5. The van der Waals surface area contributed by atoms with Crippen molar-refractivity contribution in [2.24, 2.45) is 0 Å². The number of hydrogen-bond donors (Lipinski definition) is 2. The molecule has 0 spiro atoms. The van der Waals surface area contributed by atoms with Gasteiger partial charge in [-0.1, -0.05) is 18.2 Å². The molecule has 23 heavy (non-hydrogen) atoms. The number of methoxy groups -OCH3 is 1. The molecule has 0 radical (unpaired) electrons. The number of benzene rings is 1. The summed E-state index contributed by atoms with van der Waals surface area (Å²) in [5.74, 6) is 0. The second-order valence-electron chi connectivity index (χ2n) is 6.32. The van der Waals surface area contributed by atoms with E-state index in [0.717, 1.165) is 38.1 Å². The molecule has 5 nitrogen and oxygen atoms in total. The van der Waals surface area contributed by atoms with Gasteiger partial charge < -0.3 is 24.5 Å². The minimum Gasteiger partial charge on any atom is -0.464 e. The molecule has 0 amide bonds. The van der Waals surface area contributed by atoms with Crippen molar-refractivity contribution < 1.29 is 14.3 Å². The predicted octanol–water partition coefficient (Wildman–Crippen LogP) is 1.99. The van der Waals surface area contributed by atoms with Crippen LogP contribution in [0.25, 0.3) is 11.0 Å². The molecule has 1 aromatic carbocycles. The number of fused-ring (bicyclic) bond motifs is 1. The van der Waals surface area contributed by atoms with Crippen LogP contribution in [0.5, 0.6) is 0 Å². The molecule has 1 fully saturated rings. The highest BCUT2D eigenvalue weighted by Gasteiger charge is 2.21. The second kappa shape index (κ2) is 7.93. The van der Waals surface area contributed by atoms with Crippen molar-refractivity contribution >= 4 is 11.0 Å². The Morgan fingerprint density at radius 3 is 2.91 bits per heavy atom. The van der Waals surface area contributed by atoms with Crippen molar-refractivity contribution in [1.82, 2.24) is 10.2 Å². The van der Waals surface area contributed by atoms with Gasteiger partial charge in [0.2, 0.25) is 0 Å². The molecule has 1 aromatic heterocycles. The van der Waals surface area contributed by atoms with Crippen molar-refractivity contribution in [3.05, 3.63) is 36.1 Å². The van der Waals surface area contributed by atoms with E-state index in [-0.39, 0.29) is 6.10 Å². The van der Waals surface area contributed by atoms with Crippen LogP contribution in [0.2, 0.25) is 0 Å². The number of nitrogens with zero attached hydrogens (tertiary/aromatic N) is 1. The van der Waals surface area contributed by atoms with Gasteiger partial charge in [0.05, 0.1) is 19.0 Å². The highest BCUT2D eigenvalue weighted by atomic mass is 16.5. The highest BCUT2D eigenvalue weighted by Crippen LogP contribution is 2.21. The van der Waals surface area contributed by atoms with Crippen molar-refractivity contribution in [3.8, 4) is 0 Å². The fraction of sp³-hybridized carbons (Fsp3) is 0.556. The Balaban J connectivity index is 1.44. The summed E-state index contributed by atoms with van der Waals surface area (Å²) in [5, 5.41) is 14.6. The first-order valence-corrected chi connectivity index (χ1v) is 8.34. The molecule has 0 saturated carbocycles. The monoisotopic (exact) mass is 318 g/mol. The van der Waals surface area contributed by atoms with E-state index < -0.39 is 0 Å². The van der Waals surface area contributed by atoms with Crippen molar-refractivity contribution in [2.45, 2.75) is 31.5 Å². The van der Waals surface area contributed by atoms with E-state index in [1.807, 2.05) is 24.5 Å². The van der Waals surface area contributed by atoms with Gasteiger partial charge >= 0.3 is 0 Å². The first-order chi connectivity index (χ1) is 11.3. The lowest BCUT2D eigenvalue weighted by molar-refractivity contribution is 0.0310. The average Bonchev–Trinajstić information content (AvgIpc) is 2.98. The van der Waals surface area contributed by atoms with Crippen LogP contribution in [0.15, 0.2) is 34.9 Å². The summed E-state index contributed by atoms with van der Waals surface area (Å²) in [6.07, 6.45) is 3.68. The number of aliphatic hydroxyl groups is 1. The number of piperidine rings is 1. The van der Waals surface area contributed by atoms with Gasteiger partial charge in [0, 0.05) is 37.2 Å². The standard InChI is InChI=1S/C18H26N2O3/c1-22-13-16(21)11-20-8-6-15(7-9-20)19-10-14-12-23-18-5-3-2-4-17(14)18/h2-5,12,15-16,19,21H,6-11,13H2,1H3. The molecule has 1 aliphatic rings. The van der Waals surface area contributed by atoms with E-state index in [1.165, 1.54) is 10.9 Å². The molecule has 1 unspecified atom stereocenters. The number of aliphatic hydroxyl groups excluding tert-OH is 1. The molecule has 1 atom stereocenters. The Hall–Kier alpha value is -1.40. The number of β-amino-alcohol motifs (C(OH)–C–C–N with tert-alkyl or cyclic N) is 1. The number of likely N-dealkylation sites (tertiary alicyclic amines) is 1. The van der Waals surface area contributed by atoms with E-state index in [1.54, 1.807) is 7.11 Å². The minimum absolute atomic E-state index is 0.387. The van der Waals surface area contributed by atoms with Gasteiger partial charge in [-0.15, -0.1) is 0 Å². The highest BCUT2D eigenvalue weighted by molar-refractivity contribution is 5.80. The smallest absolute Gasteiger partial charge is 0.134 e. The molecule has 126 valence electrons. The zero-order valence-corrected chi connectivity index (χ0v) is 13.7. The van der Waals surface area contributed by atoms with E-state index in [2.05, 4.69) is 16.3 Å².